The zero-order valence-corrected chi connectivity index (χ0v) is 15.0. The molecule has 0 saturated carbocycles. The predicted octanol–water partition coefficient (Wildman–Crippen LogP) is 2.66. The van der Waals surface area contributed by atoms with E-state index in [0.29, 0.717) is 17.1 Å². The second-order valence-electron chi connectivity index (χ2n) is 6.23. The number of benzene rings is 2. The monoisotopic (exact) mass is 368 g/mol. The van der Waals surface area contributed by atoms with Gasteiger partial charge in [0.1, 0.15) is 5.75 Å². The first-order chi connectivity index (χ1) is 12.9. The van der Waals surface area contributed by atoms with E-state index in [1.165, 1.54) is 6.92 Å². The molecule has 0 aliphatic carbocycles. The van der Waals surface area contributed by atoms with Crippen LogP contribution in [0.25, 0.3) is 0 Å². The van der Waals surface area contributed by atoms with Crippen molar-refractivity contribution < 1.29 is 23.9 Å². The van der Waals surface area contributed by atoms with Crippen molar-refractivity contribution in [2.24, 2.45) is 0 Å². The van der Waals surface area contributed by atoms with Crippen LogP contribution in [0.2, 0.25) is 0 Å². The molecule has 2 amide bonds. The molecule has 0 radical (unpaired) electrons. The van der Waals surface area contributed by atoms with Crippen LogP contribution in [0.3, 0.4) is 0 Å². The minimum absolute atomic E-state index is 0.290. The predicted molar refractivity (Wildman–Crippen MR) is 99.5 cm³/mol. The number of nitrogens with one attached hydrogen (secondary N) is 2. The largest absolute Gasteiger partial charge is 0.478 e. The molecule has 0 spiro atoms. The number of esters is 1. The summed E-state index contributed by atoms with van der Waals surface area (Å²) >= 11 is 0. The Labute approximate surface area is 156 Å². The van der Waals surface area contributed by atoms with Crippen LogP contribution in [-0.2, 0) is 19.1 Å². The van der Waals surface area contributed by atoms with Crippen LogP contribution in [0, 0.1) is 6.92 Å². The van der Waals surface area contributed by atoms with E-state index in [4.69, 9.17) is 9.47 Å². The Balaban J connectivity index is 1.55. The van der Waals surface area contributed by atoms with Crippen LogP contribution in [0.1, 0.15) is 18.9 Å². The Kier molecular flexibility index (Phi) is 5.40. The van der Waals surface area contributed by atoms with E-state index in [2.05, 4.69) is 10.6 Å². The number of fused-ring (bicyclic) bond motifs is 1. The highest BCUT2D eigenvalue weighted by molar-refractivity contribution is 6.00. The van der Waals surface area contributed by atoms with Crippen molar-refractivity contribution in [1.82, 2.24) is 0 Å². The molecule has 140 valence electrons. The molecule has 1 heterocycles. The molecule has 2 aromatic carbocycles. The molecule has 0 fully saturated rings. The van der Waals surface area contributed by atoms with Crippen LogP contribution >= 0.6 is 0 Å². The Bertz CT molecular complexity index is 880. The molecule has 1 aliphatic heterocycles. The van der Waals surface area contributed by atoms with E-state index in [1.54, 1.807) is 36.4 Å². The molecule has 2 atom stereocenters. The van der Waals surface area contributed by atoms with Gasteiger partial charge in [0.25, 0.3) is 11.8 Å². The number of amides is 2. The fourth-order valence-corrected chi connectivity index (χ4v) is 2.62. The standard InChI is InChI=1S/C20H20N2O5/c1-12-7-3-4-8-14(12)21-19(24)13(2)26-18(23)11-17-20(25)22-15-9-5-6-10-16(15)27-17/h3-10,13,17H,11H2,1-2H3,(H,21,24)(H,22,25)/t13-,17+/m0/s1. The van der Waals surface area contributed by atoms with Gasteiger partial charge in [-0.15, -0.1) is 0 Å². The van der Waals surface area contributed by atoms with Crippen LogP contribution in [0.5, 0.6) is 5.75 Å². The Morgan fingerprint density at radius 2 is 1.89 bits per heavy atom. The number of carbonyl (C=O) groups is 3. The quantitative estimate of drug-likeness (QED) is 0.792. The lowest BCUT2D eigenvalue weighted by molar-refractivity contribution is -0.155. The normalized spacial score (nSPS) is 16.4. The lowest BCUT2D eigenvalue weighted by Crippen LogP contribution is -2.40. The summed E-state index contributed by atoms with van der Waals surface area (Å²) in [7, 11) is 0. The summed E-state index contributed by atoms with van der Waals surface area (Å²) in [6.07, 6.45) is -2.29. The highest BCUT2D eigenvalue weighted by atomic mass is 16.6. The van der Waals surface area contributed by atoms with Gasteiger partial charge in [0.2, 0.25) is 0 Å². The lowest BCUT2D eigenvalue weighted by atomic mass is 10.1. The summed E-state index contributed by atoms with van der Waals surface area (Å²) in [4.78, 5) is 36.4. The number of aryl methyl sites for hydroxylation is 1. The number of rotatable bonds is 5. The number of hydrogen-bond acceptors (Lipinski definition) is 5. The Morgan fingerprint density at radius 1 is 1.19 bits per heavy atom. The number of ether oxygens (including phenoxy) is 2. The Morgan fingerprint density at radius 3 is 2.67 bits per heavy atom. The maximum absolute atomic E-state index is 12.2. The zero-order valence-electron chi connectivity index (χ0n) is 15.0. The number of carbonyl (C=O) groups excluding carboxylic acids is 3. The van der Waals surface area contributed by atoms with E-state index in [0.717, 1.165) is 5.56 Å². The van der Waals surface area contributed by atoms with Crippen molar-refractivity contribution >= 4 is 29.2 Å². The Hall–Kier alpha value is -3.35. The smallest absolute Gasteiger partial charge is 0.310 e. The molecule has 3 rings (SSSR count). The van der Waals surface area contributed by atoms with Crippen molar-refractivity contribution in [1.29, 1.82) is 0 Å². The van der Waals surface area contributed by atoms with Crippen molar-refractivity contribution in [3.63, 3.8) is 0 Å². The van der Waals surface area contributed by atoms with Gasteiger partial charge in [-0.3, -0.25) is 14.4 Å². The molecule has 0 aromatic heterocycles. The third-order valence-electron chi connectivity index (χ3n) is 4.14. The van der Waals surface area contributed by atoms with E-state index in [-0.39, 0.29) is 6.42 Å². The summed E-state index contributed by atoms with van der Waals surface area (Å²) in [6, 6.07) is 14.2. The molecule has 0 saturated heterocycles. The molecule has 7 heteroatoms. The van der Waals surface area contributed by atoms with Gasteiger partial charge in [0.05, 0.1) is 12.1 Å². The number of para-hydroxylation sites is 3. The van der Waals surface area contributed by atoms with Crippen LogP contribution in [0.4, 0.5) is 11.4 Å². The third-order valence-corrected chi connectivity index (χ3v) is 4.14. The van der Waals surface area contributed by atoms with Crippen molar-refractivity contribution in [3.05, 3.63) is 54.1 Å². The SMILES string of the molecule is Cc1ccccc1NC(=O)[C@H](C)OC(=O)C[C@H]1Oc2ccccc2NC1=O. The van der Waals surface area contributed by atoms with Crippen LogP contribution in [-0.4, -0.2) is 30.0 Å². The van der Waals surface area contributed by atoms with Gasteiger partial charge in [-0.2, -0.15) is 0 Å². The van der Waals surface area contributed by atoms with Crippen molar-refractivity contribution in [2.45, 2.75) is 32.5 Å². The summed E-state index contributed by atoms with van der Waals surface area (Å²) in [5.74, 6) is -1.08. The molecule has 2 aromatic rings. The van der Waals surface area contributed by atoms with Gasteiger partial charge in [-0.05, 0) is 37.6 Å². The summed E-state index contributed by atoms with van der Waals surface area (Å²) in [5.41, 5.74) is 2.10. The van der Waals surface area contributed by atoms with Crippen molar-refractivity contribution in [3.8, 4) is 5.75 Å². The van der Waals surface area contributed by atoms with Crippen molar-refractivity contribution in [2.75, 3.05) is 10.6 Å². The second-order valence-corrected chi connectivity index (χ2v) is 6.23. The summed E-state index contributed by atoms with van der Waals surface area (Å²) < 4.78 is 10.7. The molecule has 0 bridgehead atoms. The van der Waals surface area contributed by atoms with Crippen LogP contribution in [0.15, 0.2) is 48.5 Å². The second kappa shape index (κ2) is 7.90. The molecule has 2 N–H and O–H groups in total. The van der Waals surface area contributed by atoms with Gasteiger partial charge >= 0.3 is 5.97 Å². The first-order valence-corrected chi connectivity index (χ1v) is 8.56. The summed E-state index contributed by atoms with van der Waals surface area (Å²) in [6.45, 7) is 3.34. The highest BCUT2D eigenvalue weighted by Crippen LogP contribution is 2.29. The molecular weight excluding hydrogens is 348 g/mol. The maximum Gasteiger partial charge on any atom is 0.310 e. The first-order valence-electron chi connectivity index (χ1n) is 8.56. The van der Waals surface area contributed by atoms with E-state index < -0.39 is 30.0 Å². The summed E-state index contributed by atoms with van der Waals surface area (Å²) in [5, 5.41) is 5.39. The van der Waals surface area contributed by atoms with E-state index in [9.17, 15) is 14.4 Å². The molecular formula is C20H20N2O5. The van der Waals surface area contributed by atoms with Gasteiger partial charge in [0, 0.05) is 5.69 Å². The highest BCUT2D eigenvalue weighted by Gasteiger charge is 2.31. The van der Waals surface area contributed by atoms with Gasteiger partial charge < -0.3 is 20.1 Å². The lowest BCUT2D eigenvalue weighted by Gasteiger charge is -2.25. The minimum Gasteiger partial charge on any atom is -0.478 e. The molecule has 1 aliphatic rings. The van der Waals surface area contributed by atoms with Gasteiger partial charge in [-0.1, -0.05) is 30.3 Å². The third kappa shape index (κ3) is 4.44. The average Bonchev–Trinajstić information content (AvgIpc) is 2.64. The fraction of sp³-hybridized carbons (Fsp3) is 0.250. The number of hydrogen-bond donors (Lipinski definition) is 2. The zero-order chi connectivity index (χ0) is 19.4. The molecule has 27 heavy (non-hydrogen) atoms. The van der Waals surface area contributed by atoms with E-state index >= 15 is 0 Å². The van der Waals surface area contributed by atoms with Gasteiger partial charge in [0.15, 0.2) is 12.2 Å². The number of anilines is 2. The molecule has 7 nitrogen and oxygen atoms in total. The van der Waals surface area contributed by atoms with E-state index in [1.807, 2.05) is 19.1 Å². The minimum atomic E-state index is -1.00. The maximum atomic E-state index is 12.2. The fourth-order valence-electron chi connectivity index (χ4n) is 2.62. The molecule has 0 unspecified atom stereocenters. The topological polar surface area (TPSA) is 93.7 Å². The first kappa shape index (κ1) is 18.4. The average molecular weight is 368 g/mol. The van der Waals surface area contributed by atoms with Gasteiger partial charge in [-0.25, -0.2) is 0 Å². The van der Waals surface area contributed by atoms with Crippen LogP contribution < -0.4 is 15.4 Å².